The minimum absolute atomic E-state index is 0.116. The van der Waals surface area contributed by atoms with Crippen LogP contribution in [0.15, 0.2) is 24.5 Å². The number of nitriles is 1. The molecule has 114 valence electrons. The van der Waals surface area contributed by atoms with Gasteiger partial charge >= 0.3 is 0 Å². The number of hydrogen-bond acceptors (Lipinski definition) is 5. The van der Waals surface area contributed by atoms with E-state index in [0.29, 0.717) is 32.6 Å². The zero-order valence-electron chi connectivity index (χ0n) is 12.1. The van der Waals surface area contributed by atoms with E-state index in [1.54, 1.807) is 12.4 Å². The monoisotopic (exact) mass is 308 g/mol. The minimum Gasteiger partial charge on any atom is -0.286 e. The molecule has 1 fully saturated rings. The molecule has 1 atom stereocenters. The van der Waals surface area contributed by atoms with Gasteiger partial charge in [0.1, 0.15) is 0 Å². The lowest BCUT2D eigenvalue weighted by atomic mass is 10.2. The second-order valence-electron chi connectivity index (χ2n) is 5.16. The molecule has 2 rings (SSSR count). The molecular formula is C14H20N4O2S. The van der Waals surface area contributed by atoms with E-state index in [2.05, 4.69) is 11.1 Å². The quantitative estimate of drug-likeness (QED) is 0.791. The lowest BCUT2D eigenvalue weighted by molar-refractivity contribution is 0.169. The van der Waals surface area contributed by atoms with Crippen molar-refractivity contribution in [2.24, 2.45) is 0 Å². The highest BCUT2D eigenvalue weighted by atomic mass is 32.2. The first-order valence-electron chi connectivity index (χ1n) is 7.03. The molecule has 0 aromatic carbocycles. The molecule has 0 bridgehead atoms. The molecule has 1 aliphatic heterocycles. The first-order valence-corrected chi connectivity index (χ1v) is 8.64. The second-order valence-corrected chi connectivity index (χ2v) is 7.25. The number of nitrogens with zero attached hydrogens (tertiary/aromatic N) is 4. The van der Waals surface area contributed by atoms with Crippen LogP contribution in [0.2, 0.25) is 0 Å². The van der Waals surface area contributed by atoms with E-state index in [-0.39, 0.29) is 11.8 Å². The van der Waals surface area contributed by atoms with Gasteiger partial charge in [0.05, 0.1) is 17.9 Å². The molecule has 2 heterocycles. The molecule has 6 nitrogen and oxygen atoms in total. The standard InChI is InChI=1S/C14H20N4O2S/c1-13(12-15)17-7-9-18(10-8-17)21(19,20)11-4-14-2-5-16-6-3-14/h2-3,5-6,13H,4,7-11H2,1H3. The molecule has 1 aromatic heterocycles. The first kappa shape index (κ1) is 15.9. The molecule has 21 heavy (non-hydrogen) atoms. The Morgan fingerprint density at radius 1 is 1.29 bits per heavy atom. The molecule has 0 spiro atoms. The summed E-state index contributed by atoms with van der Waals surface area (Å²) >= 11 is 0. The van der Waals surface area contributed by atoms with Gasteiger partial charge in [-0.25, -0.2) is 8.42 Å². The van der Waals surface area contributed by atoms with E-state index in [1.165, 1.54) is 4.31 Å². The predicted molar refractivity (Wildman–Crippen MR) is 79.9 cm³/mol. The summed E-state index contributed by atoms with van der Waals surface area (Å²) in [4.78, 5) is 5.93. The third kappa shape index (κ3) is 4.24. The summed E-state index contributed by atoms with van der Waals surface area (Å²) < 4.78 is 26.2. The van der Waals surface area contributed by atoms with E-state index in [1.807, 2.05) is 24.0 Å². The minimum atomic E-state index is -3.23. The van der Waals surface area contributed by atoms with Gasteiger partial charge in [-0.2, -0.15) is 9.57 Å². The third-order valence-electron chi connectivity index (χ3n) is 3.80. The highest BCUT2D eigenvalue weighted by Crippen LogP contribution is 2.12. The average Bonchev–Trinajstić information content (AvgIpc) is 2.53. The van der Waals surface area contributed by atoms with Gasteiger partial charge in [-0.05, 0) is 31.0 Å². The van der Waals surface area contributed by atoms with Gasteiger partial charge in [0.2, 0.25) is 10.0 Å². The van der Waals surface area contributed by atoms with Crippen molar-refractivity contribution in [3.05, 3.63) is 30.1 Å². The molecule has 1 saturated heterocycles. The molecule has 0 amide bonds. The van der Waals surface area contributed by atoms with Crippen LogP contribution in [0.4, 0.5) is 0 Å². The average molecular weight is 308 g/mol. The number of aryl methyl sites for hydroxylation is 1. The van der Waals surface area contributed by atoms with E-state index in [4.69, 9.17) is 5.26 Å². The topological polar surface area (TPSA) is 77.3 Å². The summed E-state index contributed by atoms with van der Waals surface area (Å²) in [5.74, 6) is 0.116. The van der Waals surface area contributed by atoms with Gasteiger partial charge in [-0.15, -0.1) is 0 Å². The lowest BCUT2D eigenvalue weighted by Gasteiger charge is -2.35. The van der Waals surface area contributed by atoms with Gasteiger partial charge in [0, 0.05) is 38.6 Å². The van der Waals surface area contributed by atoms with Gasteiger partial charge in [0.15, 0.2) is 0 Å². The Bertz CT molecular complexity index is 589. The van der Waals surface area contributed by atoms with E-state index >= 15 is 0 Å². The smallest absolute Gasteiger partial charge is 0.214 e. The van der Waals surface area contributed by atoms with Crippen molar-refractivity contribution in [1.82, 2.24) is 14.2 Å². The number of sulfonamides is 1. The summed E-state index contributed by atoms with van der Waals surface area (Å²) in [6.07, 6.45) is 3.84. The second kappa shape index (κ2) is 6.98. The van der Waals surface area contributed by atoms with Crippen LogP contribution in [-0.2, 0) is 16.4 Å². The highest BCUT2D eigenvalue weighted by molar-refractivity contribution is 7.89. The zero-order valence-corrected chi connectivity index (χ0v) is 13.0. The summed E-state index contributed by atoms with van der Waals surface area (Å²) in [6.45, 7) is 4.00. The van der Waals surface area contributed by atoms with E-state index in [9.17, 15) is 8.42 Å². The summed E-state index contributed by atoms with van der Waals surface area (Å²) in [6, 6.07) is 5.70. The lowest BCUT2D eigenvalue weighted by Crippen LogP contribution is -2.51. The Morgan fingerprint density at radius 3 is 2.48 bits per heavy atom. The van der Waals surface area contributed by atoms with Gasteiger partial charge in [-0.3, -0.25) is 9.88 Å². The van der Waals surface area contributed by atoms with Crippen LogP contribution in [0.1, 0.15) is 12.5 Å². The van der Waals surface area contributed by atoms with Crippen LogP contribution >= 0.6 is 0 Å². The maximum Gasteiger partial charge on any atom is 0.214 e. The highest BCUT2D eigenvalue weighted by Gasteiger charge is 2.28. The van der Waals surface area contributed by atoms with Crippen molar-refractivity contribution < 1.29 is 8.42 Å². The molecule has 7 heteroatoms. The van der Waals surface area contributed by atoms with Crippen LogP contribution in [-0.4, -0.2) is 60.6 Å². The van der Waals surface area contributed by atoms with Gasteiger partial charge in [-0.1, -0.05) is 0 Å². The predicted octanol–water partition coefficient (Wildman–Crippen LogP) is 0.484. The fraction of sp³-hybridized carbons (Fsp3) is 0.571. The molecule has 0 N–H and O–H groups in total. The SMILES string of the molecule is CC(C#N)N1CCN(S(=O)(=O)CCc2ccncc2)CC1. The molecular weight excluding hydrogens is 288 g/mol. The van der Waals surface area contributed by atoms with Crippen LogP contribution in [0.25, 0.3) is 0 Å². The van der Waals surface area contributed by atoms with Gasteiger partial charge < -0.3 is 0 Å². The van der Waals surface area contributed by atoms with E-state index in [0.717, 1.165) is 5.56 Å². The maximum absolute atomic E-state index is 12.3. The van der Waals surface area contributed by atoms with Crippen molar-refractivity contribution in [1.29, 1.82) is 5.26 Å². The summed E-state index contributed by atoms with van der Waals surface area (Å²) in [7, 11) is -3.23. The normalized spacial score (nSPS) is 19.0. The Morgan fingerprint density at radius 2 is 1.90 bits per heavy atom. The zero-order chi connectivity index (χ0) is 15.3. The maximum atomic E-state index is 12.3. The molecule has 0 aliphatic carbocycles. The van der Waals surface area contributed by atoms with Crippen molar-refractivity contribution in [2.75, 3.05) is 31.9 Å². The fourth-order valence-corrected chi connectivity index (χ4v) is 3.85. The Kier molecular flexibility index (Phi) is 5.28. The summed E-state index contributed by atoms with van der Waals surface area (Å²) in [5.41, 5.74) is 0.977. The molecule has 0 saturated carbocycles. The molecule has 1 unspecified atom stereocenters. The number of rotatable bonds is 5. The van der Waals surface area contributed by atoms with Crippen molar-refractivity contribution in [3.8, 4) is 6.07 Å². The number of pyridine rings is 1. The molecule has 1 aliphatic rings. The Labute approximate surface area is 126 Å². The Balaban J connectivity index is 1.88. The van der Waals surface area contributed by atoms with Gasteiger partial charge in [0.25, 0.3) is 0 Å². The molecule has 1 aromatic rings. The van der Waals surface area contributed by atoms with Crippen molar-refractivity contribution >= 4 is 10.0 Å². The van der Waals surface area contributed by atoms with Crippen molar-refractivity contribution in [2.45, 2.75) is 19.4 Å². The van der Waals surface area contributed by atoms with Crippen LogP contribution in [0, 0.1) is 11.3 Å². The first-order chi connectivity index (χ1) is 10.0. The largest absolute Gasteiger partial charge is 0.286 e. The number of aromatic nitrogens is 1. The summed E-state index contributed by atoms with van der Waals surface area (Å²) in [5, 5.41) is 8.89. The number of hydrogen-bond donors (Lipinski definition) is 0. The Hall–Kier alpha value is -1.49. The third-order valence-corrected chi connectivity index (χ3v) is 5.67. The van der Waals surface area contributed by atoms with E-state index < -0.39 is 10.0 Å². The van der Waals surface area contributed by atoms with Crippen LogP contribution < -0.4 is 0 Å². The fourth-order valence-electron chi connectivity index (χ4n) is 2.38. The number of piperazine rings is 1. The van der Waals surface area contributed by atoms with Crippen LogP contribution in [0.3, 0.4) is 0 Å². The van der Waals surface area contributed by atoms with Crippen LogP contribution in [0.5, 0.6) is 0 Å². The molecule has 0 radical (unpaired) electrons. The van der Waals surface area contributed by atoms with Crippen molar-refractivity contribution in [3.63, 3.8) is 0 Å².